The third-order valence-electron chi connectivity index (χ3n) is 3.86. The molecule has 19 heavy (non-hydrogen) atoms. The van der Waals surface area contributed by atoms with Crippen LogP contribution in [0.25, 0.3) is 0 Å². The molecule has 0 aliphatic heterocycles. The quantitative estimate of drug-likeness (QED) is 0.808. The Bertz CT molecular complexity index is 377. The summed E-state index contributed by atoms with van der Waals surface area (Å²) in [6.45, 7) is 0. The van der Waals surface area contributed by atoms with Crippen molar-refractivity contribution in [3.05, 3.63) is 34.3 Å². The highest BCUT2D eigenvalue weighted by Gasteiger charge is 2.16. The maximum atomic E-state index is 3.55. The van der Waals surface area contributed by atoms with E-state index in [-0.39, 0.29) is 0 Å². The zero-order chi connectivity index (χ0) is 13.5. The fourth-order valence-corrected chi connectivity index (χ4v) is 4.58. The van der Waals surface area contributed by atoms with Gasteiger partial charge in [-0.05, 0) is 44.0 Å². The molecule has 1 unspecified atom stereocenters. The van der Waals surface area contributed by atoms with E-state index >= 15 is 0 Å². The van der Waals surface area contributed by atoms with Gasteiger partial charge in [-0.2, -0.15) is 11.8 Å². The van der Waals surface area contributed by atoms with Crippen LogP contribution in [0.15, 0.2) is 28.7 Å². The number of rotatable bonds is 6. The summed E-state index contributed by atoms with van der Waals surface area (Å²) in [7, 11) is 2.09. The van der Waals surface area contributed by atoms with Crippen LogP contribution >= 0.6 is 27.7 Å². The van der Waals surface area contributed by atoms with Gasteiger partial charge in [-0.15, -0.1) is 0 Å². The molecule has 0 aromatic heterocycles. The fourth-order valence-electron chi connectivity index (χ4n) is 2.68. The van der Waals surface area contributed by atoms with Crippen LogP contribution in [-0.2, 0) is 6.42 Å². The Morgan fingerprint density at radius 1 is 1.32 bits per heavy atom. The van der Waals surface area contributed by atoms with Gasteiger partial charge in [-0.1, -0.05) is 47.3 Å². The van der Waals surface area contributed by atoms with Crippen molar-refractivity contribution < 1.29 is 0 Å². The Kier molecular flexibility index (Phi) is 6.75. The lowest BCUT2D eigenvalue weighted by Crippen LogP contribution is -2.31. The Labute approximate surface area is 130 Å². The summed E-state index contributed by atoms with van der Waals surface area (Å²) in [4.78, 5) is 0. The SMILES string of the molecule is CNC(CSC1CCCCC1)Cc1cccc(Br)c1. The number of halogens is 1. The Morgan fingerprint density at radius 3 is 2.79 bits per heavy atom. The molecule has 2 rings (SSSR count). The van der Waals surface area contributed by atoms with Crippen LogP contribution in [-0.4, -0.2) is 24.1 Å². The molecule has 1 saturated carbocycles. The van der Waals surface area contributed by atoms with Crippen LogP contribution in [0.4, 0.5) is 0 Å². The van der Waals surface area contributed by atoms with Gasteiger partial charge in [0.15, 0.2) is 0 Å². The van der Waals surface area contributed by atoms with E-state index in [2.05, 4.69) is 64.3 Å². The van der Waals surface area contributed by atoms with Gasteiger partial charge in [-0.3, -0.25) is 0 Å². The van der Waals surface area contributed by atoms with Crippen molar-refractivity contribution in [2.45, 2.75) is 49.8 Å². The molecule has 1 atom stereocenters. The summed E-state index contributed by atoms with van der Waals surface area (Å²) in [5, 5.41) is 4.38. The molecule has 0 saturated heterocycles. The van der Waals surface area contributed by atoms with E-state index in [1.54, 1.807) is 0 Å². The molecule has 3 heteroatoms. The molecule has 0 spiro atoms. The predicted molar refractivity (Wildman–Crippen MR) is 90.0 cm³/mol. The number of hydrogen-bond donors (Lipinski definition) is 1. The third kappa shape index (κ3) is 5.49. The van der Waals surface area contributed by atoms with Gasteiger partial charge in [0.2, 0.25) is 0 Å². The standard InChI is InChI=1S/C16H24BrNS/c1-18-15(11-13-6-5-7-14(17)10-13)12-19-16-8-3-2-4-9-16/h5-7,10,15-16,18H,2-4,8-9,11-12H2,1H3. The highest BCUT2D eigenvalue weighted by atomic mass is 79.9. The summed E-state index contributed by atoms with van der Waals surface area (Å²) in [6, 6.07) is 9.26. The van der Waals surface area contributed by atoms with Gasteiger partial charge in [-0.25, -0.2) is 0 Å². The van der Waals surface area contributed by atoms with E-state index < -0.39 is 0 Å². The summed E-state index contributed by atoms with van der Waals surface area (Å²) < 4.78 is 1.18. The highest BCUT2D eigenvalue weighted by Crippen LogP contribution is 2.29. The van der Waals surface area contributed by atoms with Gasteiger partial charge >= 0.3 is 0 Å². The molecular formula is C16H24BrNS. The monoisotopic (exact) mass is 341 g/mol. The first-order chi connectivity index (χ1) is 9.28. The molecule has 1 aromatic carbocycles. The van der Waals surface area contributed by atoms with Crippen molar-refractivity contribution in [1.29, 1.82) is 0 Å². The Morgan fingerprint density at radius 2 is 2.11 bits per heavy atom. The van der Waals surface area contributed by atoms with Gasteiger partial charge in [0.05, 0.1) is 0 Å². The van der Waals surface area contributed by atoms with Crippen molar-refractivity contribution in [3.63, 3.8) is 0 Å². The second-order valence-corrected chi connectivity index (χ2v) is 7.66. The van der Waals surface area contributed by atoms with E-state index in [4.69, 9.17) is 0 Å². The second kappa shape index (κ2) is 8.33. The van der Waals surface area contributed by atoms with Crippen molar-refractivity contribution in [2.24, 2.45) is 0 Å². The molecule has 1 aromatic rings. The molecule has 1 aliphatic carbocycles. The molecule has 0 amide bonds. The Hall–Kier alpha value is 0.01000. The summed E-state index contributed by atoms with van der Waals surface area (Å²) >= 11 is 5.73. The van der Waals surface area contributed by atoms with Crippen LogP contribution in [0.1, 0.15) is 37.7 Å². The first-order valence-corrected chi connectivity index (χ1v) is 9.15. The molecule has 0 radical (unpaired) electrons. The molecule has 1 nitrogen and oxygen atoms in total. The first kappa shape index (κ1) is 15.4. The number of thioether (sulfide) groups is 1. The van der Waals surface area contributed by atoms with E-state index in [0.717, 1.165) is 11.7 Å². The van der Waals surface area contributed by atoms with Crippen molar-refractivity contribution in [2.75, 3.05) is 12.8 Å². The number of benzene rings is 1. The lowest BCUT2D eigenvalue weighted by Gasteiger charge is -2.24. The molecule has 1 fully saturated rings. The zero-order valence-electron chi connectivity index (χ0n) is 11.7. The van der Waals surface area contributed by atoms with Crippen LogP contribution < -0.4 is 5.32 Å². The van der Waals surface area contributed by atoms with Crippen LogP contribution in [0.2, 0.25) is 0 Å². The average molecular weight is 342 g/mol. The van der Waals surface area contributed by atoms with Crippen molar-refractivity contribution in [1.82, 2.24) is 5.32 Å². The smallest absolute Gasteiger partial charge is 0.0195 e. The molecule has 106 valence electrons. The number of hydrogen-bond acceptors (Lipinski definition) is 2. The highest BCUT2D eigenvalue weighted by molar-refractivity contribution is 9.10. The summed E-state index contributed by atoms with van der Waals surface area (Å²) in [5.41, 5.74) is 1.41. The maximum absolute atomic E-state index is 3.55. The largest absolute Gasteiger partial charge is 0.316 e. The molecule has 0 heterocycles. The molecule has 1 N–H and O–H groups in total. The molecule has 0 bridgehead atoms. The van der Waals surface area contributed by atoms with Gasteiger partial charge in [0, 0.05) is 21.5 Å². The minimum Gasteiger partial charge on any atom is -0.316 e. The van der Waals surface area contributed by atoms with Gasteiger partial charge in [0.1, 0.15) is 0 Å². The third-order valence-corrected chi connectivity index (χ3v) is 5.90. The van der Waals surface area contributed by atoms with Gasteiger partial charge < -0.3 is 5.32 Å². The second-order valence-electron chi connectivity index (χ2n) is 5.41. The zero-order valence-corrected chi connectivity index (χ0v) is 14.1. The predicted octanol–water partition coefficient (Wildman–Crippen LogP) is 4.65. The van der Waals surface area contributed by atoms with Crippen molar-refractivity contribution in [3.8, 4) is 0 Å². The van der Waals surface area contributed by atoms with Crippen LogP contribution in [0.3, 0.4) is 0 Å². The minimum absolute atomic E-state index is 0.584. The normalized spacial score (nSPS) is 18.4. The van der Waals surface area contributed by atoms with E-state index in [1.807, 2.05) is 0 Å². The lowest BCUT2D eigenvalue weighted by molar-refractivity contribution is 0.514. The Balaban J connectivity index is 1.79. The van der Waals surface area contributed by atoms with Crippen LogP contribution in [0.5, 0.6) is 0 Å². The van der Waals surface area contributed by atoms with E-state index in [9.17, 15) is 0 Å². The fraction of sp³-hybridized carbons (Fsp3) is 0.625. The number of likely N-dealkylation sites (N-methyl/N-ethyl adjacent to an activating group) is 1. The van der Waals surface area contributed by atoms with E-state index in [1.165, 1.54) is 47.9 Å². The van der Waals surface area contributed by atoms with Crippen molar-refractivity contribution >= 4 is 27.7 Å². The molecular weight excluding hydrogens is 318 g/mol. The minimum atomic E-state index is 0.584. The van der Waals surface area contributed by atoms with E-state index in [0.29, 0.717) is 6.04 Å². The average Bonchev–Trinajstić information content (AvgIpc) is 2.44. The topological polar surface area (TPSA) is 12.0 Å². The lowest BCUT2D eigenvalue weighted by atomic mass is 10.0. The number of nitrogens with one attached hydrogen (secondary N) is 1. The maximum Gasteiger partial charge on any atom is 0.0195 e. The summed E-state index contributed by atoms with van der Waals surface area (Å²) in [5.74, 6) is 1.23. The van der Waals surface area contributed by atoms with Crippen LogP contribution in [0, 0.1) is 0 Å². The summed E-state index contributed by atoms with van der Waals surface area (Å²) in [6.07, 6.45) is 8.30. The van der Waals surface area contributed by atoms with Gasteiger partial charge in [0.25, 0.3) is 0 Å². The first-order valence-electron chi connectivity index (χ1n) is 7.31. The molecule has 1 aliphatic rings.